The van der Waals surface area contributed by atoms with E-state index in [9.17, 15) is 18.0 Å². The Morgan fingerprint density at radius 1 is 1.50 bits per heavy atom. The van der Waals surface area contributed by atoms with Crippen LogP contribution in [0.1, 0.15) is 18.5 Å². The number of carbonyl (C=O) groups excluding carboxylic acids is 1. The quantitative estimate of drug-likeness (QED) is 0.666. The van der Waals surface area contributed by atoms with E-state index in [4.69, 9.17) is 0 Å². The maximum Gasteiger partial charge on any atom is 0.305 e. The summed E-state index contributed by atoms with van der Waals surface area (Å²) in [6.45, 7) is 1.18. The molecule has 1 aliphatic carbocycles. The number of aromatic amines is 1. The second-order valence-electron chi connectivity index (χ2n) is 4.09. The number of hydrogen-bond acceptors (Lipinski definition) is 5. The molecule has 1 saturated carbocycles. The fourth-order valence-electron chi connectivity index (χ4n) is 1.38. The summed E-state index contributed by atoms with van der Waals surface area (Å²) in [5, 5.41) is 2.67. The van der Waals surface area contributed by atoms with Crippen molar-refractivity contribution < 1.29 is 13.2 Å². The average molecular weight is 291 g/mol. The van der Waals surface area contributed by atoms with Crippen molar-refractivity contribution in [2.24, 2.45) is 0 Å². The molecular weight excluding hydrogens is 278 g/mol. The zero-order valence-electron chi connectivity index (χ0n) is 9.65. The number of carbonyl (C=O) groups is 1. The summed E-state index contributed by atoms with van der Waals surface area (Å²) >= 11 is 0.606. The van der Waals surface area contributed by atoms with Gasteiger partial charge in [0.1, 0.15) is 0 Å². The lowest BCUT2D eigenvalue weighted by atomic mass is 10.5. The third kappa shape index (κ3) is 3.18. The van der Waals surface area contributed by atoms with Gasteiger partial charge in [-0.15, -0.1) is 0 Å². The molecule has 0 atom stereocenters. The Labute approximate surface area is 108 Å². The van der Waals surface area contributed by atoms with Gasteiger partial charge in [-0.2, -0.15) is 0 Å². The van der Waals surface area contributed by atoms with Gasteiger partial charge in [-0.25, -0.2) is 13.1 Å². The van der Waals surface area contributed by atoms with E-state index in [0.717, 1.165) is 12.8 Å². The van der Waals surface area contributed by atoms with Gasteiger partial charge in [0.2, 0.25) is 5.91 Å². The average Bonchev–Trinajstić information content (AvgIpc) is 3.00. The van der Waals surface area contributed by atoms with Crippen LogP contribution in [0.2, 0.25) is 0 Å². The van der Waals surface area contributed by atoms with Crippen molar-refractivity contribution in [2.45, 2.75) is 30.0 Å². The minimum absolute atomic E-state index is 0.0771. The van der Waals surface area contributed by atoms with Gasteiger partial charge in [0.15, 0.2) is 4.21 Å². The molecule has 0 aliphatic heterocycles. The molecule has 0 aromatic carbocycles. The molecule has 18 heavy (non-hydrogen) atoms. The molecule has 0 bridgehead atoms. The van der Waals surface area contributed by atoms with Crippen LogP contribution in [-0.2, 0) is 14.8 Å². The Balaban J connectivity index is 2.00. The van der Waals surface area contributed by atoms with Crippen LogP contribution in [-0.4, -0.2) is 31.9 Å². The first-order valence-corrected chi connectivity index (χ1v) is 7.67. The fourth-order valence-corrected chi connectivity index (χ4v) is 3.70. The molecule has 9 heteroatoms. The van der Waals surface area contributed by atoms with Gasteiger partial charge in [-0.05, 0) is 19.8 Å². The molecule has 3 N–H and O–H groups in total. The van der Waals surface area contributed by atoms with Crippen molar-refractivity contribution >= 4 is 27.3 Å². The zero-order chi connectivity index (χ0) is 13.3. The smallest absolute Gasteiger partial charge is 0.305 e. The lowest BCUT2D eigenvalue weighted by Crippen LogP contribution is -2.37. The highest BCUT2D eigenvalue weighted by Crippen LogP contribution is 2.18. The molecule has 0 saturated heterocycles. The number of hydrogen-bond donors (Lipinski definition) is 3. The number of rotatable bonds is 5. The number of H-pyrrole nitrogens is 1. The van der Waals surface area contributed by atoms with Gasteiger partial charge in [-0.1, -0.05) is 11.3 Å². The van der Waals surface area contributed by atoms with Crippen molar-refractivity contribution in [1.29, 1.82) is 0 Å². The summed E-state index contributed by atoms with van der Waals surface area (Å²) in [5.74, 6) is -0.360. The van der Waals surface area contributed by atoms with Crippen LogP contribution in [0.5, 0.6) is 0 Å². The number of nitrogens with one attached hydrogen (secondary N) is 3. The SMILES string of the molecule is Cc1[nH]c(=O)sc1S(=O)(=O)NCC(=O)NC1CC1. The number of thiazole rings is 1. The monoisotopic (exact) mass is 291 g/mol. The number of aryl methyl sites for hydroxylation is 1. The highest BCUT2D eigenvalue weighted by molar-refractivity contribution is 7.91. The van der Waals surface area contributed by atoms with Crippen molar-refractivity contribution in [2.75, 3.05) is 6.54 Å². The lowest BCUT2D eigenvalue weighted by Gasteiger charge is -2.05. The van der Waals surface area contributed by atoms with Crippen LogP contribution < -0.4 is 14.9 Å². The van der Waals surface area contributed by atoms with E-state index in [2.05, 4.69) is 15.0 Å². The summed E-state index contributed by atoms with van der Waals surface area (Å²) in [6.07, 6.45) is 1.88. The van der Waals surface area contributed by atoms with Crippen LogP contribution in [0.15, 0.2) is 9.00 Å². The van der Waals surface area contributed by atoms with E-state index in [1.165, 1.54) is 6.92 Å². The Kier molecular flexibility index (Phi) is 3.55. The fraction of sp³-hybridized carbons (Fsp3) is 0.556. The zero-order valence-corrected chi connectivity index (χ0v) is 11.3. The number of amides is 1. The highest BCUT2D eigenvalue weighted by Gasteiger charge is 2.25. The van der Waals surface area contributed by atoms with Gasteiger partial charge in [-0.3, -0.25) is 9.59 Å². The van der Waals surface area contributed by atoms with Crippen LogP contribution >= 0.6 is 11.3 Å². The Morgan fingerprint density at radius 3 is 2.67 bits per heavy atom. The van der Waals surface area contributed by atoms with E-state index >= 15 is 0 Å². The highest BCUT2D eigenvalue weighted by atomic mass is 32.2. The molecule has 0 spiro atoms. The Morgan fingerprint density at radius 2 is 2.17 bits per heavy atom. The number of aromatic nitrogens is 1. The molecule has 1 aromatic heterocycles. The summed E-state index contributed by atoms with van der Waals surface area (Å²) in [6, 6.07) is 0.187. The van der Waals surface area contributed by atoms with Crippen molar-refractivity contribution in [3.05, 3.63) is 15.4 Å². The van der Waals surface area contributed by atoms with Crippen LogP contribution in [0, 0.1) is 6.92 Å². The summed E-state index contributed by atoms with van der Waals surface area (Å²) in [4.78, 5) is 24.4. The summed E-state index contributed by atoms with van der Waals surface area (Å²) in [5.41, 5.74) is 0.278. The van der Waals surface area contributed by atoms with Gasteiger partial charge in [0.25, 0.3) is 10.0 Å². The van der Waals surface area contributed by atoms with Gasteiger partial charge < -0.3 is 10.3 Å². The van der Waals surface area contributed by atoms with Crippen LogP contribution in [0.4, 0.5) is 0 Å². The standard InChI is InChI=1S/C9H13N3O4S2/c1-5-8(17-9(14)11-5)18(15,16)10-4-7(13)12-6-2-3-6/h6,10H,2-4H2,1H3,(H,11,14)(H,12,13). The molecule has 7 nitrogen and oxygen atoms in total. The Bertz CT molecular complexity index is 612. The van der Waals surface area contributed by atoms with E-state index in [1.807, 2.05) is 0 Å². The van der Waals surface area contributed by atoms with E-state index < -0.39 is 14.9 Å². The van der Waals surface area contributed by atoms with Gasteiger partial charge in [0.05, 0.1) is 6.54 Å². The summed E-state index contributed by atoms with van der Waals surface area (Å²) < 4.78 is 25.8. The van der Waals surface area contributed by atoms with Crippen LogP contribution in [0.25, 0.3) is 0 Å². The third-order valence-corrected chi connectivity index (χ3v) is 5.40. The summed E-state index contributed by atoms with van der Waals surface area (Å²) in [7, 11) is -3.80. The maximum atomic E-state index is 11.8. The van der Waals surface area contributed by atoms with Crippen molar-refractivity contribution in [1.82, 2.24) is 15.0 Å². The first-order chi connectivity index (χ1) is 8.38. The van der Waals surface area contributed by atoms with E-state index in [0.29, 0.717) is 11.3 Å². The topological polar surface area (TPSA) is 108 Å². The van der Waals surface area contributed by atoms with Crippen molar-refractivity contribution in [3.8, 4) is 0 Å². The normalized spacial score (nSPS) is 15.6. The molecule has 1 fully saturated rings. The molecule has 1 aromatic rings. The van der Waals surface area contributed by atoms with Gasteiger partial charge >= 0.3 is 4.87 Å². The molecule has 1 heterocycles. The number of sulfonamides is 1. The lowest BCUT2D eigenvalue weighted by molar-refractivity contribution is -0.120. The first-order valence-electron chi connectivity index (χ1n) is 5.37. The predicted octanol–water partition coefficient (Wildman–Crippen LogP) is -0.698. The molecule has 100 valence electrons. The molecule has 0 radical (unpaired) electrons. The second kappa shape index (κ2) is 4.82. The first kappa shape index (κ1) is 13.2. The second-order valence-corrected chi connectivity index (χ2v) is 7.04. The van der Waals surface area contributed by atoms with Gasteiger partial charge in [0, 0.05) is 11.7 Å². The maximum absolute atomic E-state index is 11.8. The molecule has 1 aliphatic rings. The molecule has 0 unspecified atom stereocenters. The van der Waals surface area contributed by atoms with Crippen LogP contribution in [0.3, 0.4) is 0 Å². The molecule has 1 amide bonds. The Hall–Kier alpha value is -1.19. The third-order valence-electron chi connectivity index (χ3n) is 2.39. The minimum Gasteiger partial charge on any atom is -0.352 e. The molecular formula is C9H13N3O4S2. The molecule has 2 rings (SSSR count). The predicted molar refractivity (Wildman–Crippen MR) is 66.0 cm³/mol. The minimum atomic E-state index is -3.80. The van der Waals surface area contributed by atoms with E-state index in [-0.39, 0.29) is 28.4 Å². The largest absolute Gasteiger partial charge is 0.352 e. The van der Waals surface area contributed by atoms with E-state index in [1.54, 1.807) is 0 Å². The van der Waals surface area contributed by atoms with Crippen molar-refractivity contribution in [3.63, 3.8) is 0 Å².